The number of fused-ring (bicyclic) bond motifs is 1. The topological polar surface area (TPSA) is 87.7 Å². The lowest BCUT2D eigenvalue weighted by molar-refractivity contribution is 0.214. The number of halogens is 1. The molecule has 0 spiro atoms. The van der Waals surface area contributed by atoms with E-state index in [0.717, 1.165) is 107 Å². The first-order valence-electron chi connectivity index (χ1n) is 17.7. The number of oxazole rings is 1. The fraction of sp³-hybridized carbons (Fsp3) is 0.390. The molecule has 0 amide bonds. The predicted octanol–water partition coefficient (Wildman–Crippen LogP) is 8.98. The van der Waals surface area contributed by atoms with Gasteiger partial charge in [-0.3, -0.25) is 9.88 Å². The lowest BCUT2D eigenvalue weighted by Crippen LogP contribution is -2.29. The van der Waals surface area contributed by atoms with Gasteiger partial charge in [-0.05, 0) is 119 Å². The van der Waals surface area contributed by atoms with Crippen LogP contribution < -0.4 is 9.47 Å². The number of piperidine rings is 2. The first-order chi connectivity index (χ1) is 24.4. The summed E-state index contributed by atoms with van der Waals surface area (Å²) < 4.78 is 19.1. The number of pyridine rings is 1. The summed E-state index contributed by atoms with van der Waals surface area (Å²) >= 11 is 6.89. The van der Waals surface area contributed by atoms with E-state index in [4.69, 9.17) is 30.5 Å². The standard InChI is InChI=1S/C41H44ClN5O3/c1-27-32(8-7-9-34(27)35-10-11-37-40(28(35)2)45-41(50-37)31-12-16-46(3)17-13-31)26-49-39-20-38(48-25-30-18-29(21-43)22-44-23-30)33(19-36(39)42)24-47-14-5-4-6-15-47/h7-11,18-20,22-23,31H,4-6,12-17,24-26H2,1-3H3. The quantitative estimate of drug-likeness (QED) is 0.144. The third-order valence-corrected chi connectivity index (χ3v) is 10.6. The van der Waals surface area contributed by atoms with Gasteiger partial charge in [0.15, 0.2) is 11.5 Å². The van der Waals surface area contributed by atoms with Crippen LogP contribution in [0, 0.1) is 25.2 Å². The Labute approximate surface area is 299 Å². The SMILES string of the molecule is Cc1c(COc2cc(OCc3cncc(C#N)c3)c(CN3CCCCC3)cc2Cl)cccc1-c1ccc2oc(C3CCN(C)CC3)nc2c1C. The molecule has 2 aromatic heterocycles. The molecule has 9 heteroatoms. The van der Waals surface area contributed by atoms with Gasteiger partial charge in [-0.15, -0.1) is 0 Å². The first kappa shape index (κ1) is 34.0. The second-order valence-corrected chi connectivity index (χ2v) is 14.2. The van der Waals surface area contributed by atoms with Crippen molar-refractivity contribution in [3.8, 4) is 28.7 Å². The molecule has 0 atom stereocenters. The Bertz CT molecular complexity index is 2020. The van der Waals surface area contributed by atoms with Crippen LogP contribution in [0.5, 0.6) is 11.5 Å². The Hall–Kier alpha value is -4.42. The van der Waals surface area contributed by atoms with Gasteiger partial charge in [-0.2, -0.15) is 5.26 Å². The van der Waals surface area contributed by atoms with Crippen LogP contribution in [0.1, 0.15) is 77.3 Å². The van der Waals surface area contributed by atoms with E-state index in [1.54, 1.807) is 18.5 Å². The van der Waals surface area contributed by atoms with E-state index >= 15 is 0 Å². The van der Waals surface area contributed by atoms with Crippen LogP contribution in [0.25, 0.3) is 22.2 Å². The summed E-state index contributed by atoms with van der Waals surface area (Å²) in [5.74, 6) is 2.52. The number of hydrogen-bond acceptors (Lipinski definition) is 8. The summed E-state index contributed by atoms with van der Waals surface area (Å²) in [6.07, 6.45) is 9.08. The fourth-order valence-electron chi connectivity index (χ4n) is 7.24. The molecule has 0 saturated carbocycles. The number of likely N-dealkylation sites (tertiary alicyclic amines) is 2. The Balaban J connectivity index is 1.12. The highest BCUT2D eigenvalue weighted by molar-refractivity contribution is 6.32. The number of rotatable bonds is 10. The second-order valence-electron chi connectivity index (χ2n) is 13.8. The molecule has 5 aromatic rings. The van der Waals surface area contributed by atoms with E-state index in [2.05, 4.69) is 72.1 Å². The molecule has 2 aliphatic heterocycles. The highest BCUT2D eigenvalue weighted by atomic mass is 35.5. The maximum Gasteiger partial charge on any atom is 0.198 e. The molecule has 3 aromatic carbocycles. The summed E-state index contributed by atoms with van der Waals surface area (Å²) in [6.45, 7) is 9.92. The van der Waals surface area contributed by atoms with Gasteiger partial charge in [0.1, 0.15) is 36.3 Å². The maximum atomic E-state index is 9.33. The largest absolute Gasteiger partial charge is 0.488 e. The van der Waals surface area contributed by atoms with Crippen molar-refractivity contribution in [2.45, 2.75) is 71.6 Å². The molecule has 2 aliphatic rings. The highest BCUT2D eigenvalue weighted by Crippen LogP contribution is 2.38. The first-order valence-corrected chi connectivity index (χ1v) is 18.1. The van der Waals surface area contributed by atoms with E-state index in [1.807, 2.05) is 12.1 Å². The minimum absolute atomic E-state index is 0.284. The van der Waals surface area contributed by atoms with Crippen LogP contribution in [0.2, 0.25) is 5.02 Å². The normalized spacial score (nSPS) is 16.1. The number of ether oxygens (including phenoxy) is 2. The third-order valence-electron chi connectivity index (χ3n) is 10.3. The average molecular weight is 690 g/mol. The van der Waals surface area contributed by atoms with Crippen LogP contribution in [-0.2, 0) is 19.8 Å². The van der Waals surface area contributed by atoms with Gasteiger partial charge in [0.05, 0.1) is 10.6 Å². The summed E-state index contributed by atoms with van der Waals surface area (Å²) in [6, 6.07) is 18.4. The Morgan fingerprint density at radius 2 is 1.66 bits per heavy atom. The number of benzene rings is 3. The predicted molar refractivity (Wildman–Crippen MR) is 197 cm³/mol. The fourth-order valence-corrected chi connectivity index (χ4v) is 7.48. The monoisotopic (exact) mass is 689 g/mol. The van der Waals surface area contributed by atoms with Crippen molar-refractivity contribution >= 4 is 22.7 Å². The Morgan fingerprint density at radius 1 is 0.880 bits per heavy atom. The molecule has 258 valence electrons. The van der Waals surface area contributed by atoms with Gasteiger partial charge < -0.3 is 18.8 Å². The number of aromatic nitrogens is 2. The van der Waals surface area contributed by atoms with Crippen molar-refractivity contribution in [2.24, 2.45) is 0 Å². The van der Waals surface area contributed by atoms with Crippen LogP contribution in [0.4, 0.5) is 0 Å². The summed E-state index contributed by atoms with van der Waals surface area (Å²) in [4.78, 5) is 14.0. The molecule has 2 fully saturated rings. The zero-order valence-electron chi connectivity index (χ0n) is 29.2. The minimum Gasteiger partial charge on any atom is -0.488 e. The van der Waals surface area contributed by atoms with Crippen molar-refractivity contribution in [1.82, 2.24) is 19.8 Å². The summed E-state index contributed by atoms with van der Waals surface area (Å²) in [5, 5.41) is 9.88. The van der Waals surface area contributed by atoms with Crippen molar-refractivity contribution in [3.05, 3.63) is 105 Å². The van der Waals surface area contributed by atoms with Crippen molar-refractivity contribution in [2.75, 3.05) is 33.2 Å². The van der Waals surface area contributed by atoms with Crippen molar-refractivity contribution in [1.29, 1.82) is 5.26 Å². The van der Waals surface area contributed by atoms with Crippen LogP contribution in [-0.4, -0.2) is 53.0 Å². The van der Waals surface area contributed by atoms with Gasteiger partial charge in [-0.25, -0.2) is 4.98 Å². The molecule has 0 aliphatic carbocycles. The van der Waals surface area contributed by atoms with E-state index in [9.17, 15) is 5.26 Å². The molecule has 4 heterocycles. The summed E-state index contributed by atoms with van der Waals surface area (Å²) in [7, 11) is 2.17. The molecule has 8 nitrogen and oxygen atoms in total. The molecule has 50 heavy (non-hydrogen) atoms. The van der Waals surface area contributed by atoms with Gasteiger partial charge >= 0.3 is 0 Å². The Kier molecular flexibility index (Phi) is 10.4. The van der Waals surface area contributed by atoms with Gasteiger partial charge in [0.25, 0.3) is 0 Å². The molecule has 0 unspecified atom stereocenters. The van der Waals surface area contributed by atoms with Crippen molar-refractivity contribution in [3.63, 3.8) is 0 Å². The van der Waals surface area contributed by atoms with Gasteiger partial charge in [-0.1, -0.05) is 42.3 Å². The van der Waals surface area contributed by atoms with Gasteiger partial charge in [0.2, 0.25) is 0 Å². The molecule has 2 saturated heterocycles. The van der Waals surface area contributed by atoms with E-state index in [1.165, 1.54) is 19.3 Å². The zero-order chi connectivity index (χ0) is 34.6. The lowest BCUT2D eigenvalue weighted by Gasteiger charge is -2.27. The zero-order valence-corrected chi connectivity index (χ0v) is 29.9. The molecule has 7 rings (SSSR count). The average Bonchev–Trinajstić information content (AvgIpc) is 3.58. The number of hydrogen-bond donors (Lipinski definition) is 0. The lowest BCUT2D eigenvalue weighted by atomic mass is 9.93. The molecule has 0 N–H and O–H groups in total. The molecule has 0 bridgehead atoms. The number of nitriles is 1. The second kappa shape index (κ2) is 15.2. The smallest absolute Gasteiger partial charge is 0.198 e. The number of nitrogens with zero attached hydrogens (tertiary/aromatic N) is 5. The van der Waals surface area contributed by atoms with E-state index < -0.39 is 0 Å². The number of aryl methyl sites for hydroxylation is 1. The van der Waals surface area contributed by atoms with E-state index in [-0.39, 0.29) is 6.61 Å². The van der Waals surface area contributed by atoms with Crippen LogP contribution in [0.3, 0.4) is 0 Å². The maximum absolute atomic E-state index is 9.33. The highest BCUT2D eigenvalue weighted by Gasteiger charge is 2.24. The Morgan fingerprint density at radius 3 is 2.46 bits per heavy atom. The minimum atomic E-state index is 0.284. The van der Waals surface area contributed by atoms with Crippen LogP contribution in [0.15, 0.2) is 65.3 Å². The van der Waals surface area contributed by atoms with Crippen LogP contribution >= 0.6 is 11.6 Å². The summed E-state index contributed by atoms with van der Waals surface area (Å²) in [5.41, 5.74) is 9.78. The molecular formula is C41H44ClN5O3. The van der Waals surface area contributed by atoms with Crippen molar-refractivity contribution < 1.29 is 13.9 Å². The molecule has 0 radical (unpaired) electrons. The van der Waals surface area contributed by atoms with Gasteiger partial charge in [0, 0.05) is 42.0 Å². The molecular weight excluding hydrogens is 646 g/mol. The third kappa shape index (κ3) is 7.51. The van der Waals surface area contributed by atoms with E-state index in [0.29, 0.717) is 28.9 Å².